The van der Waals surface area contributed by atoms with E-state index in [0.29, 0.717) is 17.5 Å². The molecule has 1 aromatic heterocycles. The van der Waals surface area contributed by atoms with E-state index in [-0.39, 0.29) is 11.9 Å². The summed E-state index contributed by atoms with van der Waals surface area (Å²) in [6, 6.07) is 14.4. The second kappa shape index (κ2) is 7.30. The second-order valence-corrected chi connectivity index (χ2v) is 6.90. The highest BCUT2D eigenvalue weighted by Gasteiger charge is 2.22. The summed E-state index contributed by atoms with van der Waals surface area (Å²) < 4.78 is 5.57. The first-order valence-corrected chi connectivity index (χ1v) is 9.16. The second-order valence-electron chi connectivity index (χ2n) is 6.90. The monoisotopic (exact) mass is 349 g/mol. The first-order chi connectivity index (χ1) is 12.7. The molecule has 134 valence electrons. The van der Waals surface area contributed by atoms with Crippen molar-refractivity contribution in [2.75, 3.05) is 13.1 Å². The number of oxazole rings is 1. The van der Waals surface area contributed by atoms with Crippen LogP contribution in [0.5, 0.6) is 0 Å². The maximum absolute atomic E-state index is 12.5. The molecule has 1 unspecified atom stereocenters. The first-order valence-electron chi connectivity index (χ1n) is 9.16. The Morgan fingerprint density at radius 2 is 1.96 bits per heavy atom. The van der Waals surface area contributed by atoms with Crippen LogP contribution < -0.4 is 10.6 Å². The van der Waals surface area contributed by atoms with Crippen LogP contribution in [0.4, 0.5) is 0 Å². The molecule has 2 N–H and O–H groups in total. The number of rotatable bonds is 4. The van der Waals surface area contributed by atoms with Gasteiger partial charge in [0.05, 0.1) is 6.04 Å². The molecule has 0 bridgehead atoms. The lowest BCUT2D eigenvalue weighted by Crippen LogP contribution is -2.28. The Balaban J connectivity index is 1.45. The molecule has 2 heterocycles. The molecule has 1 aliphatic heterocycles. The summed E-state index contributed by atoms with van der Waals surface area (Å²) in [5.74, 6) is 0.778. The lowest BCUT2D eigenvalue weighted by molar-refractivity contribution is 0.0935. The van der Waals surface area contributed by atoms with Crippen LogP contribution in [-0.4, -0.2) is 24.0 Å². The van der Waals surface area contributed by atoms with E-state index in [2.05, 4.69) is 45.9 Å². The number of carbonyl (C=O) groups is 1. The van der Waals surface area contributed by atoms with Gasteiger partial charge in [0.15, 0.2) is 11.6 Å². The third-order valence-corrected chi connectivity index (χ3v) is 5.06. The minimum absolute atomic E-state index is 0.105. The minimum atomic E-state index is -0.199. The Labute approximate surface area is 152 Å². The fourth-order valence-corrected chi connectivity index (χ4v) is 3.48. The number of fused-ring (bicyclic) bond motifs is 1. The molecule has 0 saturated carbocycles. The van der Waals surface area contributed by atoms with E-state index < -0.39 is 0 Å². The van der Waals surface area contributed by atoms with Crippen molar-refractivity contribution in [3.8, 4) is 0 Å². The first kappa shape index (κ1) is 16.8. The van der Waals surface area contributed by atoms with Gasteiger partial charge >= 0.3 is 0 Å². The van der Waals surface area contributed by atoms with E-state index in [9.17, 15) is 4.79 Å². The van der Waals surface area contributed by atoms with Gasteiger partial charge in [-0.2, -0.15) is 0 Å². The van der Waals surface area contributed by atoms with Gasteiger partial charge in [0, 0.05) is 5.92 Å². The normalized spacial score (nSPS) is 16.5. The third kappa shape index (κ3) is 3.48. The summed E-state index contributed by atoms with van der Waals surface area (Å²) >= 11 is 0. The Morgan fingerprint density at radius 1 is 1.19 bits per heavy atom. The van der Waals surface area contributed by atoms with E-state index in [1.54, 1.807) is 0 Å². The Morgan fingerprint density at radius 3 is 2.77 bits per heavy atom. The maximum Gasteiger partial charge on any atom is 0.273 e. The summed E-state index contributed by atoms with van der Waals surface area (Å²) in [6.07, 6.45) is 3.46. The van der Waals surface area contributed by atoms with Crippen LogP contribution in [0.3, 0.4) is 0 Å². The minimum Gasteiger partial charge on any atom is -0.448 e. The van der Waals surface area contributed by atoms with Crippen molar-refractivity contribution in [2.45, 2.75) is 31.7 Å². The van der Waals surface area contributed by atoms with E-state index >= 15 is 0 Å². The number of piperidine rings is 1. The molecule has 1 amide bonds. The number of amides is 1. The molecule has 3 aromatic rings. The predicted molar refractivity (Wildman–Crippen MR) is 101 cm³/mol. The standard InChI is InChI=1S/C21H23N3O2/c1-14(17-7-6-15-4-2-3-5-18(15)12-17)23-20(25)19-13-26-21(24-19)16-8-10-22-11-9-16/h2-7,12-14,16,22H,8-11H2,1H3,(H,23,25). The van der Waals surface area contributed by atoms with Gasteiger partial charge in [0.2, 0.25) is 0 Å². The van der Waals surface area contributed by atoms with E-state index in [4.69, 9.17) is 4.42 Å². The topological polar surface area (TPSA) is 67.2 Å². The number of nitrogens with zero attached hydrogens (tertiary/aromatic N) is 1. The number of benzene rings is 2. The summed E-state index contributed by atoms with van der Waals surface area (Å²) in [5.41, 5.74) is 1.42. The summed E-state index contributed by atoms with van der Waals surface area (Å²) in [4.78, 5) is 17.0. The van der Waals surface area contributed by atoms with Crippen molar-refractivity contribution in [3.05, 3.63) is 65.9 Å². The zero-order valence-corrected chi connectivity index (χ0v) is 14.9. The molecular weight excluding hydrogens is 326 g/mol. The zero-order chi connectivity index (χ0) is 17.9. The molecule has 26 heavy (non-hydrogen) atoms. The highest BCUT2D eigenvalue weighted by molar-refractivity contribution is 5.92. The molecule has 2 aromatic carbocycles. The molecule has 0 aliphatic carbocycles. The summed E-state index contributed by atoms with van der Waals surface area (Å²) in [6.45, 7) is 3.91. The smallest absolute Gasteiger partial charge is 0.273 e. The molecule has 1 aliphatic rings. The van der Waals surface area contributed by atoms with Crippen molar-refractivity contribution in [1.29, 1.82) is 0 Å². The molecule has 4 rings (SSSR count). The van der Waals surface area contributed by atoms with Crippen LogP contribution >= 0.6 is 0 Å². The number of aromatic nitrogens is 1. The van der Waals surface area contributed by atoms with Gasteiger partial charge < -0.3 is 15.1 Å². The van der Waals surface area contributed by atoms with Crippen LogP contribution in [0.1, 0.15) is 53.7 Å². The Kier molecular flexibility index (Phi) is 4.71. The summed E-state index contributed by atoms with van der Waals surface area (Å²) in [5, 5.41) is 8.70. The Bertz CT molecular complexity index is 912. The molecule has 5 nitrogen and oxygen atoms in total. The number of hydrogen-bond donors (Lipinski definition) is 2. The lowest BCUT2D eigenvalue weighted by Gasteiger charge is -2.19. The van der Waals surface area contributed by atoms with Gasteiger partial charge in [-0.05, 0) is 55.3 Å². The zero-order valence-electron chi connectivity index (χ0n) is 14.9. The van der Waals surface area contributed by atoms with Gasteiger partial charge in [-0.1, -0.05) is 36.4 Å². The maximum atomic E-state index is 12.5. The molecule has 1 saturated heterocycles. The van der Waals surface area contributed by atoms with E-state index in [0.717, 1.165) is 31.5 Å². The van der Waals surface area contributed by atoms with Crippen LogP contribution in [-0.2, 0) is 0 Å². The average molecular weight is 349 g/mol. The number of nitrogens with one attached hydrogen (secondary N) is 2. The molecular formula is C21H23N3O2. The van der Waals surface area contributed by atoms with Gasteiger partial charge in [-0.15, -0.1) is 0 Å². The van der Waals surface area contributed by atoms with Gasteiger partial charge in [-0.25, -0.2) is 4.98 Å². The van der Waals surface area contributed by atoms with Crippen LogP contribution in [0.2, 0.25) is 0 Å². The molecule has 1 fully saturated rings. The lowest BCUT2D eigenvalue weighted by atomic mass is 9.98. The molecule has 0 radical (unpaired) electrons. The van der Waals surface area contributed by atoms with Crippen molar-refractivity contribution in [1.82, 2.24) is 15.6 Å². The average Bonchev–Trinajstić information content (AvgIpc) is 3.18. The van der Waals surface area contributed by atoms with Crippen molar-refractivity contribution in [3.63, 3.8) is 0 Å². The van der Waals surface area contributed by atoms with Crippen LogP contribution in [0, 0.1) is 0 Å². The quantitative estimate of drug-likeness (QED) is 0.752. The SMILES string of the molecule is CC(NC(=O)c1coc(C2CCNCC2)n1)c1ccc2ccccc2c1. The van der Waals surface area contributed by atoms with E-state index in [1.807, 2.05) is 19.1 Å². The van der Waals surface area contributed by atoms with Gasteiger partial charge in [0.25, 0.3) is 5.91 Å². The molecule has 1 atom stereocenters. The number of carbonyl (C=O) groups excluding carboxylic acids is 1. The fraction of sp³-hybridized carbons (Fsp3) is 0.333. The van der Waals surface area contributed by atoms with Gasteiger partial charge in [0.1, 0.15) is 6.26 Å². The van der Waals surface area contributed by atoms with Gasteiger partial charge in [-0.3, -0.25) is 4.79 Å². The summed E-state index contributed by atoms with van der Waals surface area (Å²) in [7, 11) is 0. The largest absolute Gasteiger partial charge is 0.448 e. The highest BCUT2D eigenvalue weighted by Crippen LogP contribution is 2.25. The van der Waals surface area contributed by atoms with Crippen LogP contribution in [0.15, 0.2) is 53.1 Å². The molecule has 0 spiro atoms. The third-order valence-electron chi connectivity index (χ3n) is 5.06. The fourth-order valence-electron chi connectivity index (χ4n) is 3.48. The number of hydrogen-bond acceptors (Lipinski definition) is 4. The van der Waals surface area contributed by atoms with Crippen LogP contribution in [0.25, 0.3) is 10.8 Å². The Hall–Kier alpha value is -2.66. The highest BCUT2D eigenvalue weighted by atomic mass is 16.3. The predicted octanol–water partition coefficient (Wildman–Crippen LogP) is 3.79. The van der Waals surface area contributed by atoms with Crippen molar-refractivity contribution in [2.24, 2.45) is 0 Å². The van der Waals surface area contributed by atoms with Crippen molar-refractivity contribution >= 4 is 16.7 Å². The van der Waals surface area contributed by atoms with E-state index in [1.165, 1.54) is 17.0 Å². The van der Waals surface area contributed by atoms with Crippen molar-refractivity contribution < 1.29 is 9.21 Å². The molecule has 5 heteroatoms.